The van der Waals surface area contributed by atoms with Crippen LogP contribution in [-0.4, -0.2) is 60.8 Å². The van der Waals surface area contributed by atoms with Gasteiger partial charge in [-0.15, -0.1) is 0 Å². The zero-order chi connectivity index (χ0) is 12.2. The van der Waals surface area contributed by atoms with Gasteiger partial charge in [0.25, 0.3) is 0 Å². The SMILES string of the molecule is CCCN1CC(CCO)N(C)CC(C)(C)C1. The van der Waals surface area contributed by atoms with Crippen molar-refractivity contribution in [2.45, 2.75) is 39.7 Å². The highest BCUT2D eigenvalue weighted by atomic mass is 16.3. The van der Waals surface area contributed by atoms with Crippen molar-refractivity contribution >= 4 is 0 Å². The molecule has 3 nitrogen and oxygen atoms in total. The van der Waals surface area contributed by atoms with Gasteiger partial charge in [-0.1, -0.05) is 20.8 Å². The minimum Gasteiger partial charge on any atom is -0.396 e. The van der Waals surface area contributed by atoms with E-state index >= 15 is 0 Å². The van der Waals surface area contributed by atoms with Gasteiger partial charge < -0.3 is 14.9 Å². The molecule has 96 valence electrons. The van der Waals surface area contributed by atoms with Gasteiger partial charge in [-0.05, 0) is 31.8 Å². The van der Waals surface area contributed by atoms with Crippen LogP contribution >= 0.6 is 0 Å². The maximum Gasteiger partial charge on any atom is 0.0446 e. The van der Waals surface area contributed by atoms with E-state index < -0.39 is 0 Å². The molecule has 0 spiro atoms. The molecule has 1 saturated heterocycles. The molecule has 0 aliphatic carbocycles. The highest BCUT2D eigenvalue weighted by molar-refractivity contribution is 4.86. The van der Waals surface area contributed by atoms with Gasteiger partial charge in [-0.25, -0.2) is 0 Å². The van der Waals surface area contributed by atoms with Crippen LogP contribution in [0.1, 0.15) is 33.6 Å². The molecule has 1 fully saturated rings. The first-order valence-corrected chi connectivity index (χ1v) is 6.52. The number of hydrogen-bond donors (Lipinski definition) is 1. The third-order valence-electron chi connectivity index (χ3n) is 3.42. The lowest BCUT2D eigenvalue weighted by Crippen LogP contribution is -2.39. The maximum absolute atomic E-state index is 9.13. The Bertz CT molecular complexity index is 206. The van der Waals surface area contributed by atoms with E-state index in [-0.39, 0.29) is 0 Å². The fourth-order valence-electron chi connectivity index (χ4n) is 2.91. The third kappa shape index (κ3) is 4.04. The highest BCUT2D eigenvalue weighted by Gasteiger charge is 2.31. The summed E-state index contributed by atoms with van der Waals surface area (Å²) in [5, 5.41) is 9.13. The smallest absolute Gasteiger partial charge is 0.0446 e. The minimum absolute atomic E-state index is 0.301. The summed E-state index contributed by atoms with van der Waals surface area (Å²) in [4.78, 5) is 4.98. The molecule has 0 radical (unpaired) electrons. The molecule has 16 heavy (non-hydrogen) atoms. The summed E-state index contributed by atoms with van der Waals surface area (Å²) in [6.45, 7) is 11.8. The molecule has 1 heterocycles. The number of nitrogens with zero attached hydrogens (tertiary/aromatic N) is 2. The average molecular weight is 228 g/mol. The van der Waals surface area contributed by atoms with Crippen molar-refractivity contribution < 1.29 is 5.11 Å². The van der Waals surface area contributed by atoms with Crippen molar-refractivity contribution in [2.75, 3.05) is 39.8 Å². The summed E-state index contributed by atoms with van der Waals surface area (Å²) >= 11 is 0. The predicted molar refractivity (Wildman–Crippen MR) is 68.6 cm³/mol. The summed E-state index contributed by atoms with van der Waals surface area (Å²) in [7, 11) is 2.19. The topological polar surface area (TPSA) is 26.7 Å². The van der Waals surface area contributed by atoms with Crippen LogP contribution in [-0.2, 0) is 0 Å². The van der Waals surface area contributed by atoms with Gasteiger partial charge >= 0.3 is 0 Å². The molecule has 1 aliphatic rings. The Labute approximate surface area is 100 Å². The Morgan fingerprint density at radius 2 is 2.00 bits per heavy atom. The maximum atomic E-state index is 9.13. The van der Waals surface area contributed by atoms with E-state index in [9.17, 15) is 0 Å². The van der Waals surface area contributed by atoms with Crippen molar-refractivity contribution in [2.24, 2.45) is 5.41 Å². The molecular weight excluding hydrogens is 200 g/mol. The van der Waals surface area contributed by atoms with Crippen LogP contribution in [0.2, 0.25) is 0 Å². The van der Waals surface area contributed by atoms with Crippen molar-refractivity contribution in [3.8, 4) is 0 Å². The second-order valence-corrected chi connectivity index (χ2v) is 5.98. The Hall–Kier alpha value is -0.120. The fourth-order valence-corrected chi connectivity index (χ4v) is 2.91. The van der Waals surface area contributed by atoms with Crippen molar-refractivity contribution in [3.05, 3.63) is 0 Å². The van der Waals surface area contributed by atoms with Gasteiger partial charge in [-0.2, -0.15) is 0 Å². The Morgan fingerprint density at radius 3 is 2.56 bits per heavy atom. The van der Waals surface area contributed by atoms with E-state index in [0.717, 1.165) is 19.5 Å². The zero-order valence-corrected chi connectivity index (χ0v) is 11.4. The molecule has 0 aromatic heterocycles. The zero-order valence-electron chi connectivity index (χ0n) is 11.4. The molecule has 1 N–H and O–H groups in total. The Balaban J connectivity index is 2.68. The van der Waals surface area contributed by atoms with E-state index in [1.807, 2.05) is 0 Å². The largest absolute Gasteiger partial charge is 0.396 e. The molecule has 0 saturated carbocycles. The van der Waals surface area contributed by atoms with Gasteiger partial charge in [0.05, 0.1) is 0 Å². The minimum atomic E-state index is 0.301. The average Bonchev–Trinajstić information content (AvgIpc) is 2.24. The molecule has 1 rings (SSSR count). The van der Waals surface area contributed by atoms with Gasteiger partial charge in [0.1, 0.15) is 0 Å². The van der Waals surface area contributed by atoms with Gasteiger partial charge in [0.15, 0.2) is 0 Å². The molecule has 0 aromatic rings. The second kappa shape index (κ2) is 5.99. The van der Waals surface area contributed by atoms with Crippen LogP contribution in [0.4, 0.5) is 0 Å². The molecular formula is C13H28N2O. The normalized spacial score (nSPS) is 27.9. The second-order valence-electron chi connectivity index (χ2n) is 5.98. The highest BCUT2D eigenvalue weighted by Crippen LogP contribution is 2.24. The monoisotopic (exact) mass is 228 g/mol. The Morgan fingerprint density at radius 1 is 1.31 bits per heavy atom. The first kappa shape index (κ1) is 13.9. The van der Waals surface area contributed by atoms with E-state index in [1.54, 1.807) is 0 Å². The van der Waals surface area contributed by atoms with Crippen LogP contribution in [0.15, 0.2) is 0 Å². The van der Waals surface area contributed by atoms with E-state index in [0.29, 0.717) is 18.1 Å². The summed E-state index contributed by atoms with van der Waals surface area (Å²) < 4.78 is 0. The number of aliphatic hydroxyl groups excluding tert-OH is 1. The summed E-state index contributed by atoms with van der Waals surface area (Å²) in [6.07, 6.45) is 2.11. The van der Waals surface area contributed by atoms with Crippen LogP contribution in [0.25, 0.3) is 0 Å². The fraction of sp³-hybridized carbons (Fsp3) is 1.00. The van der Waals surface area contributed by atoms with Gasteiger partial charge in [0, 0.05) is 32.3 Å². The third-order valence-corrected chi connectivity index (χ3v) is 3.42. The van der Waals surface area contributed by atoms with Crippen LogP contribution in [0, 0.1) is 5.41 Å². The van der Waals surface area contributed by atoms with Crippen molar-refractivity contribution in [3.63, 3.8) is 0 Å². The molecule has 1 unspecified atom stereocenters. The number of likely N-dealkylation sites (N-methyl/N-ethyl adjacent to an activating group) is 1. The molecule has 1 aliphatic heterocycles. The lowest BCUT2D eigenvalue weighted by atomic mass is 9.92. The van der Waals surface area contributed by atoms with Crippen LogP contribution in [0.5, 0.6) is 0 Å². The molecule has 0 aromatic carbocycles. The van der Waals surface area contributed by atoms with E-state index in [1.165, 1.54) is 19.5 Å². The molecule has 0 bridgehead atoms. The Kier molecular flexibility index (Phi) is 5.22. The lowest BCUT2D eigenvalue weighted by Gasteiger charge is -2.30. The number of rotatable bonds is 4. The van der Waals surface area contributed by atoms with Gasteiger partial charge in [0.2, 0.25) is 0 Å². The van der Waals surface area contributed by atoms with Gasteiger partial charge in [-0.3, -0.25) is 0 Å². The van der Waals surface area contributed by atoms with Crippen LogP contribution in [0.3, 0.4) is 0 Å². The first-order chi connectivity index (χ1) is 7.48. The summed E-state index contributed by atoms with van der Waals surface area (Å²) in [5.74, 6) is 0. The molecule has 0 amide bonds. The summed E-state index contributed by atoms with van der Waals surface area (Å²) in [5.41, 5.74) is 0.355. The number of hydrogen-bond acceptors (Lipinski definition) is 3. The van der Waals surface area contributed by atoms with E-state index in [4.69, 9.17) is 5.11 Å². The standard InChI is InChI=1S/C13H28N2O/c1-5-7-15-9-12(6-8-16)14(4)10-13(2,3)11-15/h12,16H,5-11H2,1-4H3. The summed E-state index contributed by atoms with van der Waals surface area (Å²) in [6, 6.07) is 0.512. The van der Waals surface area contributed by atoms with E-state index in [2.05, 4.69) is 37.6 Å². The first-order valence-electron chi connectivity index (χ1n) is 6.52. The predicted octanol–water partition coefficient (Wildman–Crippen LogP) is 1.42. The lowest BCUT2D eigenvalue weighted by molar-refractivity contribution is 0.159. The molecule has 1 atom stereocenters. The number of aliphatic hydroxyl groups is 1. The van der Waals surface area contributed by atoms with Crippen molar-refractivity contribution in [1.29, 1.82) is 0 Å². The molecule has 3 heteroatoms. The van der Waals surface area contributed by atoms with Crippen molar-refractivity contribution in [1.82, 2.24) is 9.80 Å². The van der Waals surface area contributed by atoms with Crippen LogP contribution < -0.4 is 0 Å². The quantitative estimate of drug-likeness (QED) is 0.788.